The van der Waals surface area contributed by atoms with Crippen molar-refractivity contribution in [2.24, 2.45) is 28.2 Å². The van der Waals surface area contributed by atoms with Crippen LogP contribution in [0.4, 0.5) is 0 Å². The maximum atomic E-state index is 6.08. The molecule has 0 N–H and O–H groups in total. The van der Waals surface area contributed by atoms with Crippen LogP contribution in [0, 0.1) is 76.2 Å². The lowest BCUT2D eigenvalue weighted by Gasteiger charge is -2.22. The minimum atomic E-state index is 0.688. The lowest BCUT2D eigenvalue weighted by molar-refractivity contribution is -0.660. The molecule has 0 unspecified atom stereocenters. The Labute approximate surface area is 680 Å². The Morgan fingerprint density at radius 2 is 0.774 bits per heavy atom. The Bertz CT molecular complexity index is 6610. The van der Waals surface area contributed by atoms with Crippen LogP contribution < -0.4 is 18.3 Å². The number of pyridine rings is 6. The lowest BCUT2D eigenvalue weighted by atomic mass is 9.83. The molecule has 9 aromatic carbocycles. The van der Waals surface area contributed by atoms with Crippen LogP contribution >= 0.6 is 11.3 Å². The summed E-state index contributed by atoms with van der Waals surface area (Å²) in [5.41, 5.74) is 36.7. The number of hydrogen-bond donors (Lipinski definition) is 0. The molecule has 0 atom stereocenters. The zero-order valence-electron chi connectivity index (χ0n) is 68.9. The fourth-order valence-corrected chi connectivity index (χ4v) is 18.5. The summed E-state index contributed by atoms with van der Waals surface area (Å²) >= 11 is 2.01. The summed E-state index contributed by atoms with van der Waals surface area (Å²) in [5, 5.41) is 7.27. The topological polar surface area (TPSA) is 80.2 Å². The van der Waals surface area contributed by atoms with Gasteiger partial charge in [-0.1, -0.05) is 170 Å². The molecule has 1 aliphatic rings. The Hall–Kier alpha value is -12.5. The molecule has 9 nitrogen and oxygen atoms in total. The minimum Gasteiger partial charge on any atom is -0.438 e. The Morgan fingerprint density at radius 1 is 0.322 bits per heavy atom. The highest BCUT2D eigenvalue weighted by Crippen LogP contribution is 2.46. The van der Waals surface area contributed by atoms with E-state index in [0.29, 0.717) is 5.71 Å². The van der Waals surface area contributed by atoms with E-state index in [1.54, 1.807) is 5.56 Å². The van der Waals surface area contributed by atoms with Crippen molar-refractivity contribution in [1.29, 1.82) is 0 Å². The van der Waals surface area contributed by atoms with Gasteiger partial charge in [0.2, 0.25) is 28.5 Å². The smallest absolute Gasteiger partial charge is 0.227 e. The van der Waals surface area contributed by atoms with Crippen molar-refractivity contribution in [1.82, 2.24) is 19.9 Å². The van der Waals surface area contributed by atoms with E-state index in [1.165, 1.54) is 169 Å². The second-order valence-electron chi connectivity index (χ2n) is 31.9. The van der Waals surface area contributed by atoms with Gasteiger partial charge in [-0.3, -0.25) is 0 Å². The van der Waals surface area contributed by atoms with Crippen LogP contribution in [0.25, 0.3) is 154 Å². The van der Waals surface area contributed by atoms with Crippen LogP contribution in [0.1, 0.15) is 105 Å². The van der Waals surface area contributed by atoms with E-state index in [4.69, 9.17) is 19.4 Å². The van der Waals surface area contributed by atoms with Crippen molar-refractivity contribution < 1.29 is 22.7 Å². The number of hydrogen-bond acceptors (Lipinski definition) is 6. The molecule has 0 spiro atoms. The molecular weight excluding hydrogens is 1420 g/mol. The number of thiophene rings is 1. The molecule has 10 heteroatoms. The number of aryl methyl sites for hydroxylation is 15. The third-order valence-corrected chi connectivity index (χ3v) is 24.6. The van der Waals surface area contributed by atoms with Crippen LogP contribution in [-0.4, -0.2) is 19.9 Å². The van der Waals surface area contributed by atoms with E-state index >= 15 is 0 Å². The second kappa shape index (κ2) is 32.5. The molecule has 0 aliphatic heterocycles. The molecule has 18 aromatic rings. The van der Waals surface area contributed by atoms with Crippen LogP contribution in [0.15, 0.2) is 272 Å². The van der Waals surface area contributed by atoms with E-state index in [9.17, 15) is 0 Å². The molecule has 9 aromatic heterocycles. The number of fused-ring (bicyclic) bond motifs is 8. The van der Waals surface area contributed by atoms with Crippen molar-refractivity contribution >= 4 is 75.4 Å². The third kappa shape index (κ3) is 15.6. The van der Waals surface area contributed by atoms with Crippen LogP contribution in [0.3, 0.4) is 0 Å². The first-order valence-corrected chi connectivity index (χ1v) is 41.1. The zero-order chi connectivity index (χ0) is 79.9. The first kappa shape index (κ1) is 76.5. The van der Waals surface area contributed by atoms with E-state index in [-0.39, 0.29) is 0 Å². The highest BCUT2D eigenvalue weighted by Gasteiger charge is 2.26. The summed E-state index contributed by atoms with van der Waals surface area (Å²) in [6.07, 6.45) is 17.6. The largest absolute Gasteiger partial charge is 0.438 e. The molecule has 0 bridgehead atoms. The van der Waals surface area contributed by atoms with Gasteiger partial charge in [0.25, 0.3) is 0 Å². The van der Waals surface area contributed by atoms with Gasteiger partial charge in [0.05, 0.1) is 28.0 Å². The van der Waals surface area contributed by atoms with Gasteiger partial charge in [-0.25, -0.2) is 38.2 Å². The minimum absolute atomic E-state index is 0.688. The van der Waals surface area contributed by atoms with Crippen LogP contribution in [0.2, 0.25) is 0 Å². The third-order valence-electron chi connectivity index (χ3n) is 23.3. The summed E-state index contributed by atoms with van der Waals surface area (Å²) in [6, 6.07) is 84.6. The van der Waals surface area contributed by atoms with Gasteiger partial charge in [-0.05, 0) is 207 Å². The second-order valence-corrected chi connectivity index (χ2v) is 32.9. The molecular formula is C105H100N8OS+4. The van der Waals surface area contributed by atoms with Gasteiger partial charge in [-0.2, -0.15) is 0 Å². The first-order valence-electron chi connectivity index (χ1n) is 40.3. The zero-order valence-corrected chi connectivity index (χ0v) is 69.7. The summed E-state index contributed by atoms with van der Waals surface area (Å²) < 4.78 is 17.9. The molecule has 0 saturated heterocycles. The van der Waals surface area contributed by atoms with Crippen molar-refractivity contribution in [2.45, 2.75) is 114 Å². The Balaban J connectivity index is 0.000000116. The molecule has 1 fully saturated rings. The predicted octanol–water partition coefficient (Wildman–Crippen LogP) is 25.0. The fraction of sp³-hybridized carbons (Fsp3) is 0.200. The average molecular weight is 1520 g/mol. The van der Waals surface area contributed by atoms with Crippen molar-refractivity contribution in [3.05, 3.63) is 334 Å². The maximum absolute atomic E-state index is 6.08. The van der Waals surface area contributed by atoms with E-state index < -0.39 is 0 Å². The maximum Gasteiger partial charge on any atom is 0.227 e. The monoisotopic (exact) mass is 1520 g/mol. The standard InChI is InChI=1S/C32H32NS.C26H23N2O.C24H23N2.C23H22N3/c1-21-11-7-8-14-24(21)30-19-22(2)29(20-33(30)3)28-18-10-17-27-26-16-9-15-25(31(26)34-32(27)28)23-12-5-4-6-13-23;1-16-9-10-20-21-11-12-23(27-26(21)29-25(20)13-16)22-14-24(28(4)15-18(22)3)19-8-6-5-7-17(19)2;1-16-9-11-22-19(13-16)10-12-23(25-22)21-14-24(26(4)15-18(21)3)20-8-6-5-7-17(20)2;1-15-9-10-21-18(11-15)13-24-23(25-21)20-12-22(26(4)14-17(20)3)19-8-6-5-7-16(19)2/h7-11,14-20,23H,4-6,12-13H2,1-3H3;5-15H,1-4H3;5-15H,1-4H3;5-14H,1-4H3/q4*+1. The van der Waals surface area contributed by atoms with Crippen LogP contribution in [-0.2, 0) is 28.2 Å². The molecule has 0 amide bonds. The number of aromatic nitrogens is 8. The number of benzene rings is 9. The van der Waals surface area contributed by atoms with Gasteiger partial charge in [-0.15, -0.1) is 11.3 Å². The average Bonchev–Trinajstić information content (AvgIpc) is 1.56. The molecule has 19 rings (SSSR count). The normalized spacial score (nSPS) is 12.3. The highest BCUT2D eigenvalue weighted by atomic mass is 32.1. The Morgan fingerprint density at radius 3 is 1.35 bits per heavy atom. The summed E-state index contributed by atoms with van der Waals surface area (Å²) in [4.78, 5) is 19.3. The number of nitrogens with zero attached hydrogens (tertiary/aromatic N) is 8. The molecule has 9 heterocycles. The lowest BCUT2D eigenvalue weighted by Crippen LogP contribution is -2.31. The van der Waals surface area contributed by atoms with E-state index in [2.05, 4.69) is 389 Å². The van der Waals surface area contributed by atoms with E-state index in [1.807, 2.05) is 17.5 Å². The van der Waals surface area contributed by atoms with Crippen molar-refractivity contribution in [2.75, 3.05) is 0 Å². The first-order chi connectivity index (χ1) is 55.7. The number of furan rings is 1. The molecule has 568 valence electrons. The summed E-state index contributed by atoms with van der Waals surface area (Å²) in [6.45, 7) is 23.6. The SMILES string of the molecule is Cc1cc(-c2ccccc2C)[n+](C)cc1-c1cccc2c1sc1c(C3CCCCC3)cccc12.Cc1ccc2c(c1)oc1nc(-c3cc(-c4ccccc4C)[n+](C)cc3C)ccc12.Cc1ccc2nc(-c3cc(-c4ccccc4C)[n+](C)cc3C)ccc2c1.Cc1ccc2nc(-c3cc(-c4ccccc4C)[n+](C)cc3C)ncc2c1. The highest BCUT2D eigenvalue weighted by molar-refractivity contribution is 7.26. The van der Waals surface area contributed by atoms with Crippen molar-refractivity contribution in [3.8, 4) is 90.1 Å². The summed E-state index contributed by atoms with van der Waals surface area (Å²) in [7, 11) is 8.46. The van der Waals surface area contributed by atoms with Gasteiger partial charge in [0.1, 0.15) is 33.8 Å². The predicted molar refractivity (Wildman–Crippen MR) is 478 cm³/mol. The summed E-state index contributed by atoms with van der Waals surface area (Å²) in [5.74, 6) is 1.50. The van der Waals surface area contributed by atoms with E-state index in [0.717, 1.165) is 78.3 Å². The molecule has 0 radical (unpaired) electrons. The Kier molecular flexibility index (Phi) is 21.6. The molecule has 1 aliphatic carbocycles. The van der Waals surface area contributed by atoms with Gasteiger partial charge < -0.3 is 4.42 Å². The molecule has 1 saturated carbocycles. The fourth-order valence-electron chi connectivity index (χ4n) is 17.1. The van der Waals surface area contributed by atoms with Gasteiger partial charge >= 0.3 is 0 Å². The van der Waals surface area contributed by atoms with Crippen molar-refractivity contribution in [3.63, 3.8) is 0 Å². The van der Waals surface area contributed by atoms with Gasteiger partial charge in [0, 0.05) is 133 Å². The number of rotatable bonds is 9. The quantitative estimate of drug-likeness (QED) is 0.135. The van der Waals surface area contributed by atoms with Crippen LogP contribution in [0.5, 0.6) is 0 Å². The van der Waals surface area contributed by atoms with Gasteiger partial charge in [0.15, 0.2) is 30.6 Å². The molecule has 115 heavy (non-hydrogen) atoms.